The Kier molecular flexibility index (Phi) is 19.7. The monoisotopic (exact) mass is 1020 g/mol. The van der Waals surface area contributed by atoms with E-state index in [-0.39, 0.29) is 12.1 Å². The molecule has 4 atom stereocenters. The van der Waals surface area contributed by atoms with Crippen LogP contribution in [0.1, 0.15) is 88.0 Å². The van der Waals surface area contributed by atoms with Crippen LogP contribution >= 0.6 is 43.1 Å². The van der Waals surface area contributed by atoms with Gasteiger partial charge in [-0.25, -0.2) is 0 Å². The van der Waals surface area contributed by atoms with Crippen molar-refractivity contribution >= 4 is 64.3 Å². The van der Waals surface area contributed by atoms with Gasteiger partial charge in [-0.15, -0.1) is 0 Å². The van der Waals surface area contributed by atoms with Crippen LogP contribution in [0.2, 0.25) is 0 Å². The fourth-order valence-electron chi connectivity index (χ4n) is 8.14. The van der Waals surface area contributed by atoms with E-state index in [9.17, 15) is 0 Å². The zero-order valence-corrected chi connectivity index (χ0v) is 42.6. The third kappa shape index (κ3) is 14.4. The molecule has 0 aliphatic carbocycles. The first-order valence-corrected chi connectivity index (χ1v) is 30.7. The second kappa shape index (κ2) is 23.6. The normalized spacial score (nSPS) is 13.2. The van der Waals surface area contributed by atoms with Crippen LogP contribution in [-0.2, 0) is 13.2 Å². The van der Waals surface area contributed by atoms with Crippen molar-refractivity contribution in [3.05, 3.63) is 189 Å². The van der Waals surface area contributed by atoms with E-state index >= 15 is 0 Å². The molecule has 2 nitrogen and oxygen atoms in total. The topological polar surface area (TPSA) is 52.0 Å². The number of aryl methyl sites for hydroxylation is 8. The fourth-order valence-corrected chi connectivity index (χ4v) is 14.7. The molecular formula is C51H62Br2N2P2Ru. The maximum absolute atomic E-state index is 6.15. The Balaban J connectivity index is 0.000000324. The Hall–Kier alpha value is -2.32. The van der Waals surface area contributed by atoms with E-state index in [1.807, 2.05) is 60.7 Å². The van der Waals surface area contributed by atoms with E-state index in [2.05, 4.69) is 169 Å². The summed E-state index contributed by atoms with van der Waals surface area (Å²) in [5.74, 6) is 0. The molecule has 0 aromatic heterocycles. The summed E-state index contributed by atoms with van der Waals surface area (Å²) in [6, 6.07) is 48.4. The quantitative estimate of drug-likeness (QED) is 0.100. The average Bonchev–Trinajstić information content (AvgIpc) is 3.14. The van der Waals surface area contributed by atoms with Gasteiger partial charge in [0.1, 0.15) is 0 Å². The van der Waals surface area contributed by atoms with Gasteiger partial charge in [-0.2, -0.15) is 0 Å². The van der Waals surface area contributed by atoms with Crippen molar-refractivity contribution < 1.29 is 13.2 Å². The van der Waals surface area contributed by atoms with Crippen molar-refractivity contribution in [2.45, 2.75) is 99.1 Å². The van der Waals surface area contributed by atoms with E-state index in [1.165, 1.54) is 72.1 Å². The molecule has 0 saturated carbocycles. The number of halogens is 2. The van der Waals surface area contributed by atoms with Crippen molar-refractivity contribution in [3.63, 3.8) is 0 Å². The second-order valence-corrected chi connectivity index (χ2v) is 29.3. The molecule has 6 aromatic carbocycles. The molecule has 0 saturated heterocycles. The van der Waals surface area contributed by atoms with Gasteiger partial charge in [0.05, 0.1) is 0 Å². The Bertz CT molecular complexity index is 1860. The maximum atomic E-state index is 6.15. The predicted octanol–water partition coefficient (Wildman–Crippen LogP) is 13.0. The van der Waals surface area contributed by atoms with E-state index in [0.29, 0.717) is 24.5 Å². The van der Waals surface area contributed by atoms with Gasteiger partial charge in [0.25, 0.3) is 0 Å². The van der Waals surface area contributed by atoms with Crippen LogP contribution in [-0.4, -0.2) is 11.3 Å². The molecule has 0 aliphatic rings. The molecule has 0 unspecified atom stereocenters. The zero-order valence-electron chi connectivity index (χ0n) is 35.9. The third-order valence-electron chi connectivity index (χ3n) is 10.3. The predicted molar refractivity (Wildman–Crippen MR) is 264 cm³/mol. The molecule has 0 radical (unpaired) electrons. The molecular weight excluding hydrogens is 963 g/mol. The van der Waals surface area contributed by atoms with Gasteiger partial charge in [0, 0.05) is 12.1 Å². The summed E-state index contributed by atoms with van der Waals surface area (Å²) in [5.41, 5.74) is 26.5. The number of rotatable bonds is 11. The molecule has 0 fully saturated rings. The van der Waals surface area contributed by atoms with Gasteiger partial charge in [-0.3, -0.25) is 0 Å². The number of benzene rings is 6. The first-order valence-electron chi connectivity index (χ1n) is 20.0. The second-order valence-electron chi connectivity index (χ2n) is 16.0. The summed E-state index contributed by atoms with van der Waals surface area (Å²) < 4.78 is 0. The Morgan fingerprint density at radius 1 is 0.414 bits per heavy atom. The van der Waals surface area contributed by atoms with Crippen LogP contribution < -0.4 is 32.7 Å². The number of nitrogens with two attached hydrogens (primary N) is 2. The van der Waals surface area contributed by atoms with Crippen molar-refractivity contribution in [1.82, 2.24) is 0 Å². The third-order valence-corrected chi connectivity index (χ3v) is 15.7. The molecule has 0 spiro atoms. The first-order chi connectivity index (χ1) is 27.6. The standard InChI is InChI=1S/C37H46P2.C14H16N2.2BrH.Ru/c1-24-11-25(2)16-34(15-24)38(35-17-26(3)12-27(4)18-35)32(9)23-33(10)39(36-19-28(5)13-29(6)20-36)37-21-30(7)14-31(8)22-37;15-13(11-7-3-1-4-8-11)14(16)12-9-5-2-6-10-12;;;/h11-22,32-33H,23H2,1-10H3;1-10,13-14H,15-16H2;2*1H;/q;;;;+2/p-2/t32-,33-;13-,14-;;;/m00.../s1. The molecule has 0 amide bonds. The zero-order chi connectivity index (χ0) is 42.5. The van der Waals surface area contributed by atoms with Crippen LogP contribution in [0.3, 0.4) is 0 Å². The van der Waals surface area contributed by atoms with Gasteiger partial charge >= 0.3 is 40.5 Å². The van der Waals surface area contributed by atoms with Gasteiger partial charge in [-0.05, 0) is 121 Å². The summed E-state index contributed by atoms with van der Waals surface area (Å²) in [5, 5.41) is 6.09. The summed E-state index contributed by atoms with van der Waals surface area (Å²) in [7, 11) is -0.973. The number of hydrogen-bond donors (Lipinski definition) is 2. The van der Waals surface area contributed by atoms with E-state index < -0.39 is 15.8 Å². The summed E-state index contributed by atoms with van der Waals surface area (Å²) in [4.78, 5) is 0. The minimum atomic E-state index is -0.487. The molecule has 308 valence electrons. The first kappa shape index (κ1) is 48.4. The van der Waals surface area contributed by atoms with Gasteiger partial charge in [-0.1, -0.05) is 192 Å². The average molecular weight is 1030 g/mol. The van der Waals surface area contributed by atoms with Gasteiger partial charge in [0.15, 0.2) is 0 Å². The fraction of sp³-hybridized carbons (Fsp3) is 0.294. The van der Waals surface area contributed by atoms with Crippen molar-refractivity contribution in [2.24, 2.45) is 11.5 Å². The van der Waals surface area contributed by atoms with Crippen molar-refractivity contribution in [2.75, 3.05) is 0 Å². The van der Waals surface area contributed by atoms with E-state index in [4.69, 9.17) is 11.5 Å². The summed E-state index contributed by atoms with van der Waals surface area (Å²) >= 11 is 6.64. The Morgan fingerprint density at radius 2 is 0.621 bits per heavy atom. The van der Waals surface area contributed by atoms with Crippen LogP contribution in [0.5, 0.6) is 0 Å². The summed E-state index contributed by atoms with van der Waals surface area (Å²) in [6.07, 6.45) is 1.21. The van der Waals surface area contributed by atoms with E-state index in [1.54, 1.807) is 0 Å². The van der Waals surface area contributed by atoms with E-state index in [0.717, 1.165) is 11.1 Å². The van der Waals surface area contributed by atoms with Gasteiger partial charge in [0.2, 0.25) is 0 Å². The Morgan fingerprint density at radius 3 is 0.828 bits per heavy atom. The molecule has 6 rings (SSSR count). The van der Waals surface area contributed by atoms with Crippen molar-refractivity contribution in [3.8, 4) is 0 Å². The number of hydrogen-bond acceptors (Lipinski definition) is 2. The van der Waals surface area contributed by atoms with Crippen LogP contribution in [0.4, 0.5) is 0 Å². The molecule has 6 aromatic rings. The van der Waals surface area contributed by atoms with Gasteiger partial charge < -0.3 is 11.5 Å². The summed E-state index contributed by atoms with van der Waals surface area (Å²) in [6.45, 7) is 23.0. The molecule has 0 bridgehead atoms. The minimum absolute atomic E-state index is 0.163. The molecule has 0 heterocycles. The van der Waals surface area contributed by atoms with Crippen LogP contribution in [0.15, 0.2) is 133 Å². The van der Waals surface area contributed by atoms with Crippen LogP contribution in [0, 0.1) is 55.4 Å². The molecule has 7 heteroatoms. The van der Waals surface area contributed by atoms with Crippen molar-refractivity contribution in [1.29, 1.82) is 0 Å². The molecule has 58 heavy (non-hydrogen) atoms. The molecule has 4 N–H and O–H groups in total. The van der Waals surface area contributed by atoms with Crippen LogP contribution in [0.25, 0.3) is 0 Å². The SMILES string of the molecule is Cc1cc(C)cc(P(c2cc(C)cc(C)c2)[C@@H](C)C[C@H](C)P(c2cc(C)cc(C)c2)c2cc(C)cc(C)c2)c1.N[C@@H](c1ccccc1)[C@@H](N)c1ccccc1.[Br][Ru][Br]. The Labute approximate surface area is 374 Å². The molecule has 0 aliphatic heterocycles.